The molecule has 60 valence electrons. The van der Waals surface area contributed by atoms with E-state index in [0.717, 1.165) is 0 Å². The van der Waals surface area contributed by atoms with Crippen LogP contribution in [0.25, 0.3) is 0 Å². The van der Waals surface area contributed by atoms with Crippen molar-refractivity contribution < 1.29 is 0 Å². The first-order chi connectivity index (χ1) is 5.25. The van der Waals surface area contributed by atoms with Crippen LogP contribution in [0.1, 0.15) is 6.92 Å². The molecule has 11 heavy (non-hydrogen) atoms. The van der Waals surface area contributed by atoms with Crippen molar-refractivity contribution in [2.24, 2.45) is 0 Å². The lowest BCUT2D eigenvalue weighted by Crippen LogP contribution is -2.11. The molecule has 0 amide bonds. The smallest absolute Gasteiger partial charge is 0.271 e. The lowest BCUT2D eigenvalue weighted by molar-refractivity contribution is 1.08. The van der Waals surface area contributed by atoms with Crippen LogP contribution < -0.4 is 10.9 Å². The third kappa shape index (κ3) is 1.71. The normalized spacial score (nSPS) is 9.64. The summed E-state index contributed by atoms with van der Waals surface area (Å²) in [4.78, 5) is 17.0. The van der Waals surface area contributed by atoms with Gasteiger partial charge in [-0.1, -0.05) is 11.6 Å². The summed E-state index contributed by atoms with van der Waals surface area (Å²) in [6, 6.07) is 0. The van der Waals surface area contributed by atoms with Gasteiger partial charge in [-0.3, -0.25) is 4.79 Å². The Balaban J connectivity index is 3.06. The number of halogens is 1. The van der Waals surface area contributed by atoms with E-state index in [1.54, 1.807) is 0 Å². The fourth-order valence-corrected chi connectivity index (χ4v) is 0.844. The molecule has 2 N–H and O–H groups in total. The zero-order valence-corrected chi connectivity index (χ0v) is 6.77. The highest BCUT2D eigenvalue weighted by Crippen LogP contribution is 2.10. The molecule has 0 spiro atoms. The number of hydrogen-bond acceptors (Lipinski definition) is 3. The van der Waals surface area contributed by atoms with Gasteiger partial charge in [0.2, 0.25) is 0 Å². The lowest BCUT2D eigenvalue weighted by Gasteiger charge is -2.01. The second-order valence-electron chi connectivity index (χ2n) is 1.92. The molecule has 1 rings (SSSR count). The summed E-state index contributed by atoms with van der Waals surface area (Å²) < 4.78 is 0. The van der Waals surface area contributed by atoms with Crippen molar-refractivity contribution in [1.82, 2.24) is 9.97 Å². The summed E-state index contributed by atoms with van der Waals surface area (Å²) in [7, 11) is 0. The van der Waals surface area contributed by atoms with Crippen LogP contribution in [0.2, 0.25) is 5.02 Å². The van der Waals surface area contributed by atoms with Crippen molar-refractivity contribution in [1.29, 1.82) is 0 Å². The van der Waals surface area contributed by atoms with Crippen molar-refractivity contribution in [3.8, 4) is 0 Å². The van der Waals surface area contributed by atoms with Crippen molar-refractivity contribution in [3.05, 3.63) is 21.7 Å². The molecule has 0 bridgehead atoms. The number of nitrogens with zero attached hydrogens (tertiary/aromatic N) is 1. The molecule has 0 aliphatic carbocycles. The van der Waals surface area contributed by atoms with Gasteiger partial charge in [-0.05, 0) is 6.92 Å². The van der Waals surface area contributed by atoms with Crippen LogP contribution >= 0.6 is 11.6 Å². The Kier molecular flexibility index (Phi) is 2.48. The monoisotopic (exact) mass is 173 g/mol. The SMILES string of the molecule is CCNc1nc[nH]c(=O)c1Cl. The molecule has 0 atom stereocenters. The first-order valence-corrected chi connectivity index (χ1v) is 3.60. The van der Waals surface area contributed by atoms with Crippen LogP contribution in [0.3, 0.4) is 0 Å². The van der Waals surface area contributed by atoms with Crippen LogP contribution in [-0.2, 0) is 0 Å². The number of rotatable bonds is 2. The number of anilines is 1. The predicted molar refractivity (Wildman–Crippen MR) is 44.0 cm³/mol. The van der Waals surface area contributed by atoms with Gasteiger partial charge in [0.25, 0.3) is 5.56 Å². The van der Waals surface area contributed by atoms with Crippen LogP contribution in [0.5, 0.6) is 0 Å². The van der Waals surface area contributed by atoms with E-state index in [2.05, 4.69) is 15.3 Å². The summed E-state index contributed by atoms with van der Waals surface area (Å²) >= 11 is 5.60. The topological polar surface area (TPSA) is 57.8 Å². The Hall–Kier alpha value is -1.03. The van der Waals surface area contributed by atoms with Gasteiger partial charge in [-0.25, -0.2) is 4.98 Å². The summed E-state index contributed by atoms with van der Waals surface area (Å²) in [5.41, 5.74) is -0.322. The Morgan fingerprint density at radius 1 is 1.82 bits per heavy atom. The molecule has 0 aliphatic heterocycles. The average Bonchev–Trinajstić information content (AvgIpc) is 1.99. The molecule has 0 aliphatic rings. The Labute approximate surface area is 68.6 Å². The second kappa shape index (κ2) is 3.39. The number of H-pyrrole nitrogens is 1. The molecule has 0 saturated carbocycles. The van der Waals surface area contributed by atoms with Gasteiger partial charge in [0.1, 0.15) is 5.02 Å². The van der Waals surface area contributed by atoms with E-state index >= 15 is 0 Å². The molecule has 0 saturated heterocycles. The Bertz CT molecular complexity index is 296. The van der Waals surface area contributed by atoms with E-state index in [-0.39, 0.29) is 10.6 Å². The van der Waals surface area contributed by atoms with Crippen LogP contribution in [0.15, 0.2) is 11.1 Å². The number of nitrogens with one attached hydrogen (secondary N) is 2. The lowest BCUT2D eigenvalue weighted by atomic mass is 10.5. The molecule has 4 nitrogen and oxygen atoms in total. The third-order valence-corrected chi connectivity index (χ3v) is 1.49. The van der Waals surface area contributed by atoms with E-state index in [9.17, 15) is 4.79 Å². The molecule has 1 aromatic heterocycles. The fraction of sp³-hybridized carbons (Fsp3) is 0.333. The minimum Gasteiger partial charge on any atom is -0.369 e. The number of aromatic nitrogens is 2. The van der Waals surface area contributed by atoms with E-state index in [1.165, 1.54) is 6.33 Å². The van der Waals surface area contributed by atoms with Crippen molar-refractivity contribution in [2.75, 3.05) is 11.9 Å². The Morgan fingerprint density at radius 2 is 2.55 bits per heavy atom. The predicted octanol–water partition coefficient (Wildman–Crippen LogP) is 0.855. The van der Waals surface area contributed by atoms with E-state index in [1.807, 2.05) is 6.92 Å². The van der Waals surface area contributed by atoms with Gasteiger partial charge in [0.05, 0.1) is 6.33 Å². The number of aromatic amines is 1. The highest BCUT2D eigenvalue weighted by atomic mass is 35.5. The van der Waals surface area contributed by atoms with Gasteiger partial charge >= 0.3 is 0 Å². The highest BCUT2D eigenvalue weighted by Gasteiger charge is 2.02. The summed E-state index contributed by atoms with van der Waals surface area (Å²) in [5, 5.41) is 2.96. The molecular formula is C6H8ClN3O. The van der Waals surface area contributed by atoms with Crippen LogP contribution in [-0.4, -0.2) is 16.5 Å². The highest BCUT2D eigenvalue weighted by molar-refractivity contribution is 6.32. The largest absolute Gasteiger partial charge is 0.369 e. The standard InChI is InChI=1S/C6H8ClN3O/c1-2-8-5-4(7)6(11)10-3-9-5/h3H,2H2,1H3,(H2,8,9,10,11). The van der Waals surface area contributed by atoms with Gasteiger partial charge in [0.15, 0.2) is 5.82 Å². The molecule has 1 aromatic rings. The molecule has 0 radical (unpaired) electrons. The third-order valence-electron chi connectivity index (χ3n) is 1.14. The van der Waals surface area contributed by atoms with Crippen LogP contribution in [0, 0.1) is 0 Å². The minimum atomic E-state index is -0.322. The van der Waals surface area contributed by atoms with Crippen molar-refractivity contribution in [3.63, 3.8) is 0 Å². The van der Waals surface area contributed by atoms with Gasteiger partial charge in [-0.15, -0.1) is 0 Å². The molecule has 0 unspecified atom stereocenters. The van der Waals surface area contributed by atoms with E-state index < -0.39 is 0 Å². The summed E-state index contributed by atoms with van der Waals surface area (Å²) in [6.45, 7) is 2.59. The van der Waals surface area contributed by atoms with Crippen molar-refractivity contribution >= 4 is 17.4 Å². The first-order valence-electron chi connectivity index (χ1n) is 3.22. The Morgan fingerprint density at radius 3 is 3.18 bits per heavy atom. The maximum Gasteiger partial charge on any atom is 0.271 e. The first kappa shape index (κ1) is 8.07. The maximum absolute atomic E-state index is 10.8. The van der Waals surface area contributed by atoms with Gasteiger partial charge < -0.3 is 10.3 Å². The minimum absolute atomic E-state index is 0.106. The van der Waals surface area contributed by atoms with Crippen LogP contribution in [0.4, 0.5) is 5.82 Å². The quantitative estimate of drug-likeness (QED) is 0.698. The molecule has 1 heterocycles. The summed E-state index contributed by atoms with van der Waals surface area (Å²) in [6.07, 6.45) is 1.31. The zero-order valence-electron chi connectivity index (χ0n) is 6.02. The number of hydrogen-bond donors (Lipinski definition) is 2. The molecule has 5 heteroatoms. The van der Waals surface area contributed by atoms with Crippen molar-refractivity contribution in [2.45, 2.75) is 6.92 Å². The van der Waals surface area contributed by atoms with Gasteiger partial charge in [-0.2, -0.15) is 0 Å². The molecule has 0 aromatic carbocycles. The molecule has 0 fully saturated rings. The van der Waals surface area contributed by atoms with E-state index in [0.29, 0.717) is 12.4 Å². The maximum atomic E-state index is 10.8. The average molecular weight is 174 g/mol. The zero-order chi connectivity index (χ0) is 8.27. The summed E-state index contributed by atoms with van der Waals surface area (Å²) in [5.74, 6) is 0.429. The fourth-order valence-electron chi connectivity index (χ4n) is 0.674. The van der Waals surface area contributed by atoms with E-state index in [4.69, 9.17) is 11.6 Å². The van der Waals surface area contributed by atoms with Gasteiger partial charge in [0, 0.05) is 6.54 Å². The second-order valence-corrected chi connectivity index (χ2v) is 2.30. The molecular weight excluding hydrogens is 166 g/mol.